The van der Waals surface area contributed by atoms with E-state index in [1.54, 1.807) is 23.1 Å². The Morgan fingerprint density at radius 1 is 1.33 bits per heavy atom. The topological polar surface area (TPSA) is 98.7 Å². The summed E-state index contributed by atoms with van der Waals surface area (Å²) in [4.78, 5) is 21.2. The lowest BCUT2D eigenvalue weighted by Gasteiger charge is -2.11. The van der Waals surface area contributed by atoms with Gasteiger partial charge in [-0.15, -0.1) is 0 Å². The van der Waals surface area contributed by atoms with E-state index in [0.717, 1.165) is 12.0 Å². The molecule has 0 aliphatic carbocycles. The van der Waals surface area contributed by atoms with Gasteiger partial charge in [0, 0.05) is 23.7 Å². The van der Waals surface area contributed by atoms with Crippen LogP contribution in [0.4, 0.5) is 0 Å². The first kappa shape index (κ1) is 18.8. The first-order chi connectivity index (χ1) is 12.9. The second-order valence-electron chi connectivity index (χ2n) is 6.85. The van der Waals surface area contributed by atoms with Crippen molar-refractivity contribution in [2.45, 2.75) is 53.0 Å². The molecule has 1 amide bonds. The monoisotopic (exact) mass is 368 g/mol. The van der Waals surface area contributed by atoms with Gasteiger partial charge in [0.05, 0.1) is 17.5 Å². The van der Waals surface area contributed by atoms with Crippen LogP contribution in [0, 0.1) is 6.92 Å². The summed E-state index contributed by atoms with van der Waals surface area (Å²) in [5.41, 5.74) is 2.00. The minimum atomic E-state index is -0.136. The largest absolute Gasteiger partial charge is 0.349 e. The fourth-order valence-corrected chi connectivity index (χ4v) is 2.52. The summed E-state index contributed by atoms with van der Waals surface area (Å²) in [7, 11) is 0. The summed E-state index contributed by atoms with van der Waals surface area (Å²) in [6, 6.07) is 3.72. The van der Waals surface area contributed by atoms with Crippen molar-refractivity contribution in [1.29, 1.82) is 0 Å². The van der Waals surface area contributed by atoms with Crippen LogP contribution in [0.5, 0.6) is 0 Å². The smallest absolute Gasteiger partial charge is 0.258 e. The molecule has 0 spiro atoms. The van der Waals surface area contributed by atoms with E-state index in [9.17, 15) is 4.79 Å². The van der Waals surface area contributed by atoms with Crippen LogP contribution < -0.4 is 5.32 Å². The van der Waals surface area contributed by atoms with Crippen molar-refractivity contribution in [3.05, 3.63) is 41.6 Å². The van der Waals surface area contributed by atoms with Gasteiger partial charge in [0.1, 0.15) is 0 Å². The van der Waals surface area contributed by atoms with Crippen molar-refractivity contribution in [3.63, 3.8) is 0 Å². The molecule has 142 valence electrons. The van der Waals surface area contributed by atoms with Gasteiger partial charge in [0.25, 0.3) is 11.8 Å². The lowest BCUT2D eigenvalue weighted by atomic mass is 10.2. The predicted molar refractivity (Wildman–Crippen MR) is 101 cm³/mol. The van der Waals surface area contributed by atoms with E-state index in [-0.39, 0.29) is 17.9 Å². The molecule has 3 rings (SSSR count). The molecule has 0 bridgehead atoms. The number of hydrogen-bond acceptors (Lipinski definition) is 6. The van der Waals surface area contributed by atoms with Crippen LogP contribution in [0.1, 0.15) is 61.9 Å². The van der Waals surface area contributed by atoms with E-state index < -0.39 is 0 Å². The van der Waals surface area contributed by atoms with Gasteiger partial charge < -0.3 is 9.84 Å². The standard InChI is InChI=1S/C19H24N6O2/c1-6-12(4)22-18(26)15-10-21-25(13(15)5)16-9-14(7-8-20-16)19-23-17(11(2)3)24-27-19/h7-12H,6H2,1-5H3,(H,22,26)/t12-/m0/s1. The molecule has 0 fully saturated rings. The van der Waals surface area contributed by atoms with Crippen LogP contribution >= 0.6 is 0 Å². The molecule has 0 radical (unpaired) electrons. The maximum Gasteiger partial charge on any atom is 0.258 e. The molecule has 1 N–H and O–H groups in total. The lowest BCUT2D eigenvalue weighted by Crippen LogP contribution is -2.32. The summed E-state index contributed by atoms with van der Waals surface area (Å²) in [6.45, 7) is 9.85. The molecule has 3 aromatic rings. The predicted octanol–water partition coefficient (Wildman–Crippen LogP) is 3.28. The van der Waals surface area contributed by atoms with Crippen molar-refractivity contribution in [1.82, 2.24) is 30.2 Å². The van der Waals surface area contributed by atoms with E-state index in [1.807, 2.05) is 40.7 Å². The van der Waals surface area contributed by atoms with Crippen molar-refractivity contribution < 1.29 is 9.32 Å². The molecule has 0 saturated heterocycles. The molecule has 3 heterocycles. The van der Waals surface area contributed by atoms with Gasteiger partial charge in [0.15, 0.2) is 11.6 Å². The quantitative estimate of drug-likeness (QED) is 0.717. The van der Waals surface area contributed by atoms with E-state index in [0.29, 0.717) is 28.8 Å². The Labute approximate surface area is 158 Å². The first-order valence-electron chi connectivity index (χ1n) is 9.06. The highest BCUT2D eigenvalue weighted by atomic mass is 16.5. The minimum absolute atomic E-state index is 0.106. The van der Waals surface area contributed by atoms with Crippen molar-refractivity contribution in [3.8, 4) is 17.3 Å². The summed E-state index contributed by atoms with van der Waals surface area (Å²) < 4.78 is 6.98. The first-order valence-corrected chi connectivity index (χ1v) is 9.06. The van der Waals surface area contributed by atoms with Gasteiger partial charge in [-0.3, -0.25) is 4.79 Å². The van der Waals surface area contributed by atoms with E-state index in [1.165, 1.54) is 0 Å². The zero-order valence-corrected chi connectivity index (χ0v) is 16.2. The number of hydrogen-bond donors (Lipinski definition) is 1. The Balaban J connectivity index is 1.90. The molecule has 0 aromatic carbocycles. The Bertz CT molecular complexity index is 943. The van der Waals surface area contributed by atoms with E-state index >= 15 is 0 Å². The number of aromatic nitrogens is 5. The average molecular weight is 368 g/mol. The minimum Gasteiger partial charge on any atom is -0.349 e. The number of carbonyl (C=O) groups excluding carboxylic acids is 1. The number of nitrogens with one attached hydrogen (secondary N) is 1. The number of amides is 1. The Hall–Kier alpha value is -3.03. The molecule has 1 atom stereocenters. The maximum absolute atomic E-state index is 12.4. The van der Waals surface area contributed by atoms with E-state index in [4.69, 9.17) is 4.52 Å². The molecule has 0 unspecified atom stereocenters. The molecule has 8 heteroatoms. The van der Waals surface area contributed by atoms with Crippen LogP contribution in [0.2, 0.25) is 0 Å². The molecule has 8 nitrogen and oxygen atoms in total. The molecular formula is C19H24N6O2. The Kier molecular flexibility index (Phi) is 5.34. The molecule has 27 heavy (non-hydrogen) atoms. The summed E-state index contributed by atoms with van der Waals surface area (Å²) in [5.74, 6) is 1.72. The Morgan fingerprint density at radius 2 is 2.11 bits per heavy atom. The average Bonchev–Trinajstić information content (AvgIpc) is 3.29. The fraction of sp³-hybridized carbons (Fsp3) is 0.421. The van der Waals surface area contributed by atoms with Crippen LogP contribution in [0.25, 0.3) is 17.3 Å². The normalized spacial score (nSPS) is 12.4. The summed E-state index contributed by atoms with van der Waals surface area (Å²) in [6.07, 6.45) is 4.08. The van der Waals surface area contributed by atoms with Crippen LogP contribution in [0.3, 0.4) is 0 Å². The second-order valence-corrected chi connectivity index (χ2v) is 6.85. The molecular weight excluding hydrogens is 344 g/mol. The van der Waals surface area contributed by atoms with Crippen LogP contribution in [-0.4, -0.2) is 36.9 Å². The third-order valence-corrected chi connectivity index (χ3v) is 4.41. The number of rotatable bonds is 6. The highest BCUT2D eigenvalue weighted by molar-refractivity contribution is 5.95. The zero-order chi connectivity index (χ0) is 19.6. The SMILES string of the molecule is CC[C@H](C)NC(=O)c1cnn(-c2cc(-c3nc(C(C)C)no3)ccn2)c1C. The summed E-state index contributed by atoms with van der Waals surface area (Å²) >= 11 is 0. The van der Waals surface area contributed by atoms with Gasteiger partial charge in [-0.25, -0.2) is 9.67 Å². The van der Waals surface area contributed by atoms with Crippen molar-refractivity contribution in [2.75, 3.05) is 0 Å². The second kappa shape index (κ2) is 7.69. The van der Waals surface area contributed by atoms with Crippen LogP contribution in [0.15, 0.2) is 29.0 Å². The van der Waals surface area contributed by atoms with Crippen LogP contribution in [-0.2, 0) is 0 Å². The van der Waals surface area contributed by atoms with Gasteiger partial charge >= 0.3 is 0 Å². The third-order valence-electron chi connectivity index (χ3n) is 4.41. The zero-order valence-electron chi connectivity index (χ0n) is 16.2. The number of pyridine rings is 1. The number of nitrogens with zero attached hydrogens (tertiary/aromatic N) is 5. The molecule has 0 aliphatic rings. The van der Waals surface area contributed by atoms with Gasteiger partial charge in [0.2, 0.25) is 0 Å². The number of carbonyl (C=O) groups is 1. The highest BCUT2D eigenvalue weighted by Crippen LogP contribution is 2.22. The van der Waals surface area contributed by atoms with Gasteiger partial charge in [-0.05, 0) is 32.4 Å². The van der Waals surface area contributed by atoms with Gasteiger partial charge in [-0.2, -0.15) is 10.1 Å². The van der Waals surface area contributed by atoms with Gasteiger partial charge in [-0.1, -0.05) is 25.9 Å². The lowest BCUT2D eigenvalue weighted by molar-refractivity contribution is 0.0938. The van der Waals surface area contributed by atoms with Crippen molar-refractivity contribution in [2.24, 2.45) is 0 Å². The molecule has 3 aromatic heterocycles. The fourth-order valence-electron chi connectivity index (χ4n) is 2.52. The third kappa shape index (κ3) is 3.89. The molecule has 0 saturated carbocycles. The molecule has 0 aliphatic heterocycles. The van der Waals surface area contributed by atoms with E-state index in [2.05, 4.69) is 25.5 Å². The maximum atomic E-state index is 12.4. The summed E-state index contributed by atoms with van der Waals surface area (Å²) in [5, 5.41) is 11.3. The highest BCUT2D eigenvalue weighted by Gasteiger charge is 2.18. The Morgan fingerprint density at radius 3 is 2.78 bits per heavy atom. The van der Waals surface area contributed by atoms with Crippen molar-refractivity contribution >= 4 is 5.91 Å².